The van der Waals surface area contributed by atoms with E-state index in [9.17, 15) is 5.11 Å². The first-order chi connectivity index (χ1) is 15.5. The zero-order valence-electron chi connectivity index (χ0n) is 22.0. The summed E-state index contributed by atoms with van der Waals surface area (Å²) in [6.07, 6.45) is 1.86. The van der Waals surface area contributed by atoms with Gasteiger partial charge in [-0.2, -0.15) is 0 Å². The number of pyridine rings is 1. The first-order valence-electron chi connectivity index (χ1n) is 12.1. The van der Waals surface area contributed by atoms with Crippen molar-refractivity contribution in [2.45, 2.75) is 84.4 Å². The summed E-state index contributed by atoms with van der Waals surface area (Å²) in [4.78, 5) is 7.22. The van der Waals surface area contributed by atoms with Gasteiger partial charge in [-0.3, -0.25) is 4.98 Å². The van der Waals surface area contributed by atoms with Crippen molar-refractivity contribution in [3.63, 3.8) is 0 Å². The monoisotopic (exact) mass is 534 g/mol. The van der Waals surface area contributed by atoms with Crippen LogP contribution in [0, 0.1) is 0 Å². The molecule has 0 aliphatic heterocycles. The molecule has 1 heterocycles. The SMILES string of the molecule is CC(C)c1cccc(C(C)C)c1N(C(c1ccccc1)C(C)(C)O)C(C)(C)c1ccccn1.[Zr]. The molecule has 0 bridgehead atoms. The van der Waals surface area contributed by atoms with Crippen molar-refractivity contribution in [1.82, 2.24) is 4.98 Å². The first-order valence-corrected chi connectivity index (χ1v) is 12.1. The van der Waals surface area contributed by atoms with Crippen LogP contribution in [0.15, 0.2) is 72.9 Å². The van der Waals surface area contributed by atoms with Crippen molar-refractivity contribution in [3.05, 3.63) is 95.3 Å². The summed E-state index contributed by atoms with van der Waals surface area (Å²) in [5.74, 6) is 0.665. The van der Waals surface area contributed by atoms with E-state index >= 15 is 0 Å². The van der Waals surface area contributed by atoms with Crippen LogP contribution in [0.25, 0.3) is 0 Å². The molecular weight excluding hydrogens is 496 g/mol. The first kappa shape index (κ1) is 28.5. The van der Waals surface area contributed by atoms with E-state index < -0.39 is 11.1 Å². The fraction of sp³-hybridized carbons (Fsp3) is 0.433. The zero-order chi connectivity index (χ0) is 24.4. The molecule has 0 saturated heterocycles. The molecular formula is C30H40N2OZr. The quantitative estimate of drug-likeness (QED) is 0.323. The van der Waals surface area contributed by atoms with Crippen LogP contribution in [0.1, 0.15) is 95.7 Å². The minimum absolute atomic E-state index is 0. The Morgan fingerprint density at radius 3 is 1.71 bits per heavy atom. The predicted octanol–water partition coefficient (Wildman–Crippen LogP) is 7.58. The molecule has 180 valence electrons. The Labute approximate surface area is 225 Å². The third kappa shape index (κ3) is 5.89. The molecule has 0 radical (unpaired) electrons. The predicted molar refractivity (Wildman–Crippen MR) is 140 cm³/mol. The Kier molecular flexibility index (Phi) is 9.47. The van der Waals surface area contributed by atoms with E-state index in [0.29, 0.717) is 11.8 Å². The van der Waals surface area contributed by atoms with Crippen LogP contribution >= 0.6 is 0 Å². The number of rotatable bonds is 8. The van der Waals surface area contributed by atoms with E-state index in [-0.39, 0.29) is 32.2 Å². The van der Waals surface area contributed by atoms with Gasteiger partial charge >= 0.3 is 0 Å². The van der Waals surface area contributed by atoms with Crippen LogP contribution in [0.2, 0.25) is 0 Å². The molecule has 1 aromatic heterocycles. The Balaban J connectivity index is 0.00000408. The summed E-state index contributed by atoms with van der Waals surface area (Å²) in [6, 6.07) is 22.8. The summed E-state index contributed by atoms with van der Waals surface area (Å²) >= 11 is 0. The molecule has 3 rings (SSSR count). The van der Waals surface area contributed by atoms with Crippen LogP contribution in [0.4, 0.5) is 5.69 Å². The van der Waals surface area contributed by atoms with Gasteiger partial charge in [0.1, 0.15) is 0 Å². The molecule has 3 aromatic rings. The van der Waals surface area contributed by atoms with E-state index in [1.807, 2.05) is 38.2 Å². The molecule has 1 unspecified atom stereocenters. The zero-order valence-corrected chi connectivity index (χ0v) is 24.5. The van der Waals surface area contributed by atoms with Gasteiger partial charge in [-0.15, -0.1) is 0 Å². The van der Waals surface area contributed by atoms with Crippen molar-refractivity contribution in [3.8, 4) is 0 Å². The Morgan fingerprint density at radius 2 is 1.26 bits per heavy atom. The number of benzene rings is 2. The van der Waals surface area contributed by atoms with Crippen molar-refractivity contribution < 1.29 is 31.3 Å². The number of hydrogen-bond acceptors (Lipinski definition) is 3. The van der Waals surface area contributed by atoms with Crippen LogP contribution in [-0.4, -0.2) is 15.7 Å². The van der Waals surface area contributed by atoms with Gasteiger partial charge in [0.15, 0.2) is 0 Å². The molecule has 0 aliphatic carbocycles. The standard InChI is InChI=1S/C30H40N2O.Zr/c1-21(2)24-17-14-18-25(22(3)4)27(24)32(29(5,6)26-19-12-13-20-31-26)28(30(7,8)33)23-15-10-9-11-16-23;/h9-22,28,33H,1-8H3;. The number of para-hydroxylation sites is 1. The number of hydrogen-bond donors (Lipinski definition) is 1. The fourth-order valence-corrected chi connectivity index (χ4v) is 4.88. The molecule has 0 fully saturated rings. The van der Waals surface area contributed by atoms with Gasteiger partial charge in [0.05, 0.1) is 22.9 Å². The summed E-state index contributed by atoms with van der Waals surface area (Å²) < 4.78 is 0. The van der Waals surface area contributed by atoms with Gasteiger partial charge < -0.3 is 10.0 Å². The maximum Gasteiger partial charge on any atom is 0.0836 e. The summed E-state index contributed by atoms with van der Waals surface area (Å²) in [5, 5.41) is 11.7. The van der Waals surface area contributed by atoms with E-state index in [4.69, 9.17) is 4.98 Å². The molecule has 1 N–H and O–H groups in total. The van der Waals surface area contributed by atoms with Gasteiger partial charge in [-0.05, 0) is 68.4 Å². The second-order valence-corrected chi connectivity index (χ2v) is 10.7. The van der Waals surface area contributed by atoms with Crippen LogP contribution in [0.3, 0.4) is 0 Å². The molecule has 0 aliphatic rings. The Bertz CT molecular complexity index is 1010. The minimum atomic E-state index is -1.01. The largest absolute Gasteiger partial charge is 0.388 e. The van der Waals surface area contributed by atoms with Crippen molar-refractivity contribution in [2.24, 2.45) is 0 Å². The van der Waals surface area contributed by atoms with Crippen molar-refractivity contribution >= 4 is 5.69 Å². The topological polar surface area (TPSA) is 36.4 Å². The average molecular weight is 536 g/mol. The molecule has 1 atom stereocenters. The second-order valence-electron chi connectivity index (χ2n) is 10.7. The van der Waals surface area contributed by atoms with Gasteiger partial charge in [-0.1, -0.05) is 82.3 Å². The Hall–Kier alpha value is -1.77. The minimum Gasteiger partial charge on any atom is -0.388 e. The third-order valence-corrected chi connectivity index (χ3v) is 6.52. The molecule has 4 heteroatoms. The number of nitrogens with zero attached hydrogens (tertiary/aromatic N) is 2. The average Bonchev–Trinajstić information content (AvgIpc) is 2.77. The van der Waals surface area contributed by atoms with Gasteiger partial charge in [0, 0.05) is 38.1 Å². The fourth-order valence-electron chi connectivity index (χ4n) is 4.88. The van der Waals surface area contributed by atoms with Crippen LogP contribution in [0.5, 0.6) is 0 Å². The number of aromatic nitrogens is 1. The van der Waals surface area contributed by atoms with Crippen LogP contribution in [-0.2, 0) is 31.7 Å². The van der Waals surface area contributed by atoms with E-state index in [2.05, 4.69) is 95.0 Å². The molecule has 3 nitrogen and oxygen atoms in total. The number of aliphatic hydroxyl groups is 1. The molecule has 34 heavy (non-hydrogen) atoms. The maximum atomic E-state index is 11.7. The Morgan fingerprint density at radius 1 is 0.735 bits per heavy atom. The van der Waals surface area contributed by atoms with Crippen molar-refractivity contribution in [1.29, 1.82) is 0 Å². The van der Waals surface area contributed by atoms with Gasteiger partial charge in [0.25, 0.3) is 0 Å². The normalized spacial score (nSPS) is 13.0. The molecule has 0 amide bonds. The second kappa shape index (κ2) is 11.3. The third-order valence-electron chi connectivity index (χ3n) is 6.52. The molecule has 2 aromatic carbocycles. The smallest absolute Gasteiger partial charge is 0.0836 e. The van der Waals surface area contributed by atoms with E-state index in [1.54, 1.807) is 0 Å². The summed E-state index contributed by atoms with van der Waals surface area (Å²) in [6.45, 7) is 17.3. The van der Waals surface area contributed by atoms with Crippen molar-refractivity contribution in [2.75, 3.05) is 4.90 Å². The van der Waals surface area contributed by atoms with Gasteiger partial charge in [0.2, 0.25) is 0 Å². The number of anilines is 1. The van der Waals surface area contributed by atoms with E-state index in [0.717, 1.165) is 11.3 Å². The van der Waals surface area contributed by atoms with Gasteiger partial charge in [-0.25, -0.2) is 0 Å². The maximum absolute atomic E-state index is 11.7. The van der Waals surface area contributed by atoms with Crippen LogP contribution < -0.4 is 4.90 Å². The molecule has 0 spiro atoms. The summed E-state index contributed by atoms with van der Waals surface area (Å²) in [7, 11) is 0. The van der Waals surface area contributed by atoms with E-state index in [1.165, 1.54) is 16.8 Å². The molecule has 0 saturated carbocycles. The summed E-state index contributed by atoms with van der Waals surface area (Å²) in [5.41, 5.74) is 4.34.